The van der Waals surface area contributed by atoms with Gasteiger partial charge < -0.3 is 11.1 Å². The van der Waals surface area contributed by atoms with E-state index in [9.17, 15) is 4.79 Å². The van der Waals surface area contributed by atoms with Crippen LogP contribution in [-0.4, -0.2) is 18.5 Å². The number of carbonyl (C=O) groups excluding carboxylic acids is 1. The van der Waals surface area contributed by atoms with Crippen LogP contribution in [0.3, 0.4) is 0 Å². The van der Waals surface area contributed by atoms with Crippen molar-refractivity contribution in [1.29, 1.82) is 5.26 Å². The number of nitrogens with one attached hydrogen (secondary N) is 1. The van der Waals surface area contributed by atoms with Gasteiger partial charge in [-0.2, -0.15) is 5.26 Å². The lowest BCUT2D eigenvalue weighted by Gasteiger charge is -2.18. The Kier molecular flexibility index (Phi) is 6.77. The van der Waals surface area contributed by atoms with Crippen molar-refractivity contribution in [2.24, 2.45) is 11.7 Å². The first kappa shape index (κ1) is 12.9. The van der Waals surface area contributed by atoms with Gasteiger partial charge in [-0.25, -0.2) is 0 Å². The van der Waals surface area contributed by atoms with Gasteiger partial charge in [0.1, 0.15) is 0 Å². The molecular formula is C10H19N3O. The molecule has 0 aromatic rings. The second kappa shape index (κ2) is 7.34. The average molecular weight is 197 g/mol. The number of nitrogens with zero attached hydrogens (tertiary/aromatic N) is 1. The Morgan fingerprint density at radius 3 is 2.57 bits per heavy atom. The third kappa shape index (κ3) is 5.55. The molecule has 1 amide bonds. The van der Waals surface area contributed by atoms with Gasteiger partial charge in [-0.1, -0.05) is 13.8 Å². The zero-order valence-electron chi connectivity index (χ0n) is 8.92. The predicted octanol–water partition coefficient (Wildman–Crippen LogP) is 0.780. The highest BCUT2D eigenvalue weighted by molar-refractivity contribution is 5.80. The van der Waals surface area contributed by atoms with E-state index in [1.54, 1.807) is 0 Å². The number of hydrogen-bond acceptors (Lipinski definition) is 3. The maximum absolute atomic E-state index is 11.0. The SMILES string of the molecule is CC(C)C(NCCCCC#N)C(N)=O. The molecule has 14 heavy (non-hydrogen) atoms. The molecule has 0 aromatic heterocycles. The molecule has 4 heteroatoms. The van der Waals surface area contributed by atoms with E-state index in [0.29, 0.717) is 6.42 Å². The molecule has 1 unspecified atom stereocenters. The van der Waals surface area contributed by atoms with Gasteiger partial charge in [0, 0.05) is 6.42 Å². The Morgan fingerprint density at radius 2 is 2.14 bits per heavy atom. The van der Waals surface area contributed by atoms with Crippen LogP contribution in [0.2, 0.25) is 0 Å². The summed E-state index contributed by atoms with van der Waals surface area (Å²) in [6.07, 6.45) is 2.35. The van der Waals surface area contributed by atoms with E-state index in [1.807, 2.05) is 13.8 Å². The first-order chi connectivity index (χ1) is 6.59. The second-order valence-corrected chi connectivity index (χ2v) is 3.69. The molecule has 0 bridgehead atoms. The van der Waals surface area contributed by atoms with Gasteiger partial charge >= 0.3 is 0 Å². The van der Waals surface area contributed by atoms with E-state index in [-0.39, 0.29) is 17.9 Å². The zero-order valence-corrected chi connectivity index (χ0v) is 8.92. The van der Waals surface area contributed by atoms with E-state index in [0.717, 1.165) is 19.4 Å². The molecule has 3 N–H and O–H groups in total. The van der Waals surface area contributed by atoms with E-state index < -0.39 is 0 Å². The van der Waals surface area contributed by atoms with Gasteiger partial charge in [0.2, 0.25) is 5.91 Å². The van der Waals surface area contributed by atoms with Crippen LogP contribution >= 0.6 is 0 Å². The van der Waals surface area contributed by atoms with Crippen molar-refractivity contribution in [2.45, 2.75) is 39.2 Å². The molecule has 0 saturated carbocycles. The van der Waals surface area contributed by atoms with Crippen LogP contribution in [-0.2, 0) is 4.79 Å². The number of amides is 1. The molecule has 0 saturated heterocycles. The molecule has 4 nitrogen and oxygen atoms in total. The van der Waals surface area contributed by atoms with Crippen molar-refractivity contribution < 1.29 is 4.79 Å². The third-order valence-electron chi connectivity index (χ3n) is 2.05. The zero-order chi connectivity index (χ0) is 11.0. The lowest BCUT2D eigenvalue weighted by molar-refractivity contribution is -0.121. The van der Waals surface area contributed by atoms with Crippen LogP contribution in [0.4, 0.5) is 0 Å². The van der Waals surface area contributed by atoms with Crippen LogP contribution in [0.15, 0.2) is 0 Å². The molecule has 0 spiro atoms. The predicted molar refractivity (Wildman–Crippen MR) is 55.3 cm³/mol. The lowest BCUT2D eigenvalue weighted by atomic mass is 10.0. The molecule has 0 radical (unpaired) electrons. The number of rotatable bonds is 7. The van der Waals surface area contributed by atoms with Crippen molar-refractivity contribution in [1.82, 2.24) is 5.32 Å². The molecule has 0 aromatic carbocycles. The fourth-order valence-electron chi connectivity index (χ4n) is 1.25. The summed E-state index contributed by atoms with van der Waals surface area (Å²) in [5, 5.41) is 11.4. The Bertz CT molecular complexity index is 208. The highest BCUT2D eigenvalue weighted by atomic mass is 16.1. The second-order valence-electron chi connectivity index (χ2n) is 3.69. The Hall–Kier alpha value is -1.08. The highest BCUT2D eigenvalue weighted by Gasteiger charge is 2.17. The fourth-order valence-corrected chi connectivity index (χ4v) is 1.25. The minimum absolute atomic E-state index is 0.212. The summed E-state index contributed by atoms with van der Waals surface area (Å²) < 4.78 is 0. The Balaban J connectivity index is 3.63. The smallest absolute Gasteiger partial charge is 0.234 e. The molecule has 0 rings (SSSR count). The number of hydrogen-bond donors (Lipinski definition) is 2. The van der Waals surface area contributed by atoms with Gasteiger partial charge in [0.05, 0.1) is 12.1 Å². The largest absolute Gasteiger partial charge is 0.368 e. The standard InChI is InChI=1S/C10H19N3O/c1-8(2)9(10(12)14)13-7-5-3-4-6-11/h8-9,13H,3-5,7H2,1-2H3,(H2,12,14). The lowest BCUT2D eigenvalue weighted by Crippen LogP contribution is -2.45. The molecule has 80 valence electrons. The van der Waals surface area contributed by atoms with Crippen molar-refractivity contribution in [3.63, 3.8) is 0 Å². The monoisotopic (exact) mass is 197 g/mol. The summed E-state index contributed by atoms with van der Waals surface area (Å²) in [6, 6.07) is 1.83. The number of unbranched alkanes of at least 4 members (excludes halogenated alkanes) is 2. The van der Waals surface area contributed by atoms with E-state index in [4.69, 9.17) is 11.0 Å². The van der Waals surface area contributed by atoms with Gasteiger partial charge in [0.25, 0.3) is 0 Å². The van der Waals surface area contributed by atoms with Crippen LogP contribution in [0.25, 0.3) is 0 Å². The summed E-state index contributed by atoms with van der Waals surface area (Å²) in [4.78, 5) is 11.0. The summed E-state index contributed by atoms with van der Waals surface area (Å²) >= 11 is 0. The topological polar surface area (TPSA) is 78.9 Å². The van der Waals surface area contributed by atoms with Crippen molar-refractivity contribution in [3.05, 3.63) is 0 Å². The minimum Gasteiger partial charge on any atom is -0.368 e. The number of nitriles is 1. The summed E-state index contributed by atoms with van der Waals surface area (Å²) in [5.74, 6) is -0.0938. The Labute approximate surface area is 85.5 Å². The van der Waals surface area contributed by atoms with Gasteiger partial charge in [-0.3, -0.25) is 4.79 Å². The van der Waals surface area contributed by atoms with E-state index >= 15 is 0 Å². The minimum atomic E-state index is -0.305. The Morgan fingerprint density at radius 1 is 1.50 bits per heavy atom. The molecular weight excluding hydrogens is 178 g/mol. The van der Waals surface area contributed by atoms with Crippen molar-refractivity contribution >= 4 is 5.91 Å². The van der Waals surface area contributed by atoms with Gasteiger partial charge in [-0.15, -0.1) is 0 Å². The number of nitrogens with two attached hydrogens (primary N) is 1. The molecule has 0 aliphatic heterocycles. The van der Waals surface area contributed by atoms with Crippen LogP contribution < -0.4 is 11.1 Å². The van der Waals surface area contributed by atoms with Crippen LogP contribution in [0.5, 0.6) is 0 Å². The van der Waals surface area contributed by atoms with Gasteiger partial charge in [0.15, 0.2) is 0 Å². The van der Waals surface area contributed by atoms with Gasteiger partial charge in [-0.05, 0) is 25.3 Å². The number of primary amides is 1. The van der Waals surface area contributed by atoms with E-state index in [2.05, 4.69) is 11.4 Å². The molecule has 0 aliphatic rings. The summed E-state index contributed by atoms with van der Waals surface area (Å²) in [5.41, 5.74) is 5.22. The van der Waals surface area contributed by atoms with E-state index in [1.165, 1.54) is 0 Å². The average Bonchev–Trinajstić information content (AvgIpc) is 2.09. The summed E-state index contributed by atoms with van der Waals surface area (Å²) in [6.45, 7) is 4.66. The highest BCUT2D eigenvalue weighted by Crippen LogP contribution is 2.01. The first-order valence-electron chi connectivity index (χ1n) is 4.99. The maximum Gasteiger partial charge on any atom is 0.234 e. The fraction of sp³-hybridized carbons (Fsp3) is 0.800. The van der Waals surface area contributed by atoms with Crippen molar-refractivity contribution in [2.75, 3.05) is 6.54 Å². The molecule has 0 heterocycles. The molecule has 0 fully saturated rings. The molecule has 0 aliphatic carbocycles. The normalized spacial score (nSPS) is 12.4. The number of carbonyl (C=O) groups is 1. The maximum atomic E-state index is 11.0. The first-order valence-corrected chi connectivity index (χ1v) is 4.99. The van der Waals surface area contributed by atoms with Crippen molar-refractivity contribution in [3.8, 4) is 6.07 Å². The van der Waals surface area contributed by atoms with Crippen LogP contribution in [0.1, 0.15) is 33.1 Å². The quantitative estimate of drug-likeness (QED) is 0.592. The summed E-state index contributed by atoms with van der Waals surface area (Å²) in [7, 11) is 0. The molecule has 1 atom stereocenters. The third-order valence-corrected chi connectivity index (χ3v) is 2.05. The van der Waals surface area contributed by atoms with Crippen LogP contribution in [0, 0.1) is 17.2 Å².